The normalized spacial score (nSPS) is 12.6. The summed E-state index contributed by atoms with van der Waals surface area (Å²) in [4.78, 5) is 28.9. The smallest absolute Gasteiger partial charge is 0.261 e. The molecule has 3 rings (SSSR count). The van der Waals surface area contributed by atoms with Crippen LogP contribution in [0.1, 0.15) is 56.7 Å². The van der Waals surface area contributed by atoms with Crippen molar-refractivity contribution in [2.45, 2.75) is 65.1 Å². The Morgan fingerprint density at radius 3 is 2.26 bits per heavy atom. The predicted molar refractivity (Wildman–Crippen MR) is 158 cm³/mol. The molecule has 0 saturated heterocycles. The van der Waals surface area contributed by atoms with Gasteiger partial charge in [-0.05, 0) is 76.1 Å². The Balaban J connectivity index is 1.91. The Hall–Kier alpha value is -2.83. The van der Waals surface area contributed by atoms with Crippen molar-refractivity contribution in [1.82, 2.24) is 10.2 Å². The number of nitrogens with one attached hydrogen (secondary N) is 1. The summed E-state index contributed by atoms with van der Waals surface area (Å²) in [5, 5.41) is 3.69. The van der Waals surface area contributed by atoms with E-state index in [1.165, 1.54) is 5.56 Å². The van der Waals surface area contributed by atoms with Gasteiger partial charge in [0.1, 0.15) is 11.8 Å². The van der Waals surface area contributed by atoms with Gasteiger partial charge < -0.3 is 15.0 Å². The topological polar surface area (TPSA) is 58.6 Å². The van der Waals surface area contributed by atoms with Crippen molar-refractivity contribution in [3.63, 3.8) is 0 Å². The number of ether oxygens (including phenoxy) is 1. The molecule has 7 heteroatoms. The molecule has 0 aliphatic rings. The molecule has 202 valence electrons. The van der Waals surface area contributed by atoms with E-state index in [4.69, 9.17) is 16.3 Å². The molecule has 0 fully saturated rings. The molecule has 1 N–H and O–H groups in total. The lowest BCUT2D eigenvalue weighted by Crippen LogP contribution is -2.53. The summed E-state index contributed by atoms with van der Waals surface area (Å²) in [7, 11) is 0. The summed E-state index contributed by atoms with van der Waals surface area (Å²) in [5.41, 5.74) is 3.02. The molecule has 0 spiro atoms. The molecule has 38 heavy (non-hydrogen) atoms. The second-order valence-electron chi connectivity index (χ2n) is 9.80. The number of carbonyl (C=O) groups excluding carboxylic acids is 2. The zero-order valence-corrected chi connectivity index (χ0v) is 24.8. The number of halogens is 2. The van der Waals surface area contributed by atoms with E-state index in [1.807, 2.05) is 74.5 Å². The van der Waals surface area contributed by atoms with Crippen molar-refractivity contribution in [3.05, 3.63) is 99.0 Å². The van der Waals surface area contributed by atoms with Gasteiger partial charge in [-0.2, -0.15) is 0 Å². The predicted octanol–water partition coefficient (Wildman–Crippen LogP) is 7.16. The third kappa shape index (κ3) is 8.60. The van der Waals surface area contributed by atoms with Gasteiger partial charge in [0.25, 0.3) is 5.91 Å². The number of hydrogen-bond acceptors (Lipinski definition) is 3. The van der Waals surface area contributed by atoms with Gasteiger partial charge in [0.05, 0.1) is 4.47 Å². The number of carbonyl (C=O) groups is 2. The van der Waals surface area contributed by atoms with Crippen LogP contribution in [-0.2, 0) is 22.6 Å². The van der Waals surface area contributed by atoms with Gasteiger partial charge in [-0.3, -0.25) is 9.59 Å². The zero-order valence-electron chi connectivity index (χ0n) is 22.4. The van der Waals surface area contributed by atoms with Crippen molar-refractivity contribution in [3.8, 4) is 5.75 Å². The zero-order chi connectivity index (χ0) is 27.7. The van der Waals surface area contributed by atoms with Gasteiger partial charge >= 0.3 is 0 Å². The van der Waals surface area contributed by atoms with Gasteiger partial charge in [-0.15, -0.1) is 0 Å². The van der Waals surface area contributed by atoms with Crippen LogP contribution in [0.4, 0.5) is 0 Å². The Morgan fingerprint density at radius 1 is 0.974 bits per heavy atom. The number of rotatable bonds is 12. The van der Waals surface area contributed by atoms with E-state index in [0.29, 0.717) is 23.1 Å². The van der Waals surface area contributed by atoms with Crippen LogP contribution in [0.15, 0.2) is 77.3 Å². The summed E-state index contributed by atoms with van der Waals surface area (Å²) in [6.07, 6.45) is 1.17. The first kappa shape index (κ1) is 29.7. The van der Waals surface area contributed by atoms with E-state index in [9.17, 15) is 9.59 Å². The molecule has 3 aromatic carbocycles. The Morgan fingerprint density at radius 2 is 1.66 bits per heavy atom. The maximum Gasteiger partial charge on any atom is 0.261 e. The van der Waals surface area contributed by atoms with Crippen LogP contribution >= 0.6 is 27.5 Å². The standard InChI is InChI=1S/C31H36BrClN2O3/c1-5-22(4)34-31(37)28(17-23-9-7-6-8-10-23)35(19-24-11-14-26(33)15-12-24)30(36)20-38-29-16-13-25(21(2)3)18-27(29)32/h6-16,18,21-22,28H,5,17,19-20H2,1-4H3,(H,34,37). The molecule has 5 nitrogen and oxygen atoms in total. The minimum atomic E-state index is -0.718. The van der Waals surface area contributed by atoms with E-state index in [0.717, 1.165) is 22.0 Å². The van der Waals surface area contributed by atoms with Crippen molar-refractivity contribution in [1.29, 1.82) is 0 Å². The third-order valence-electron chi connectivity index (χ3n) is 6.51. The molecule has 2 amide bonds. The van der Waals surface area contributed by atoms with Crippen LogP contribution in [0.3, 0.4) is 0 Å². The number of benzene rings is 3. The number of hydrogen-bond donors (Lipinski definition) is 1. The quantitative estimate of drug-likeness (QED) is 0.240. The van der Waals surface area contributed by atoms with Crippen molar-refractivity contribution in [2.24, 2.45) is 0 Å². The fourth-order valence-corrected chi connectivity index (χ4v) is 4.63. The first-order chi connectivity index (χ1) is 18.2. The lowest BCUT2D eigenvalue weighted by Gasteiger charge is -2.32. The molecule has 0 bridgehead atoms. The highest BCUT2D eigenvalue weighted by atomic mass is 79.9. The molecule has 2 atom stereocenters. The molecule has 3 aromatic rings. The number of nitrogens with zero attached hydrogens (tertiary/aromatic N) is 1. The van der Waals surface area contributed by atoms with Gasteiger partial charge in [-0.25, -0.2) is 0 Å². The number of amides is 2. The molecular formula is C31H36BrClN2O3. The van der Waals surface area contributed by atoms with Crippen LogP contribution in [0.25, 0.3) is 0 Å². The van der Waals surface area contributed by atoms with Crippen molar-refractivity contribution >= 4 is 39.3 Å². The summed E-state index contributed by atoms with van der Waals surface area (Å²) in [5.74, 6) is 0.491. The fraction of sp³-hybridized carbons (Fsp3) is 0.355. The van der Waals surface area contributed by atoms with Gasteiger partial charge in [0.2, 0.25) is 5.91 Å². The molecule has 0 heterocycles. The minimum Gasteiger partial charge on any atom is -0.483 e. The van der Waals surface area contributed by atoms with E-state index < -0.39 is 6.04 Å². The van der Waals surface area contributed by atoms with Gasteiger partial charge in [0.15, 0.2) is 6.61 Å². The highest BCUT2D eigenvalue weighted by molar-refractivity contribution is 9.10. The second kappa shape index (κ2) is 14.4. The summed E-state index contributed by atoms with van der Waals surface area (Å²) in [6.45, 7) is 8.28. The Labute approximate surface area is 239 Å². The Kier molecular flexibility index (Phi) is 11.2. The van der Waals surface area contributed by atoms with E-state index in [1.54, 1.807) is 17.0 Å². The highest BCUT2D eigenvalue weighted by Gasteiger charge is 2.31. The molecule has 2 unspecified atom stereocenters. The summed E-state index contributed by atoms with van der Waals surface area (Å²) >= 11 is 9.67. The van der Waals surface area contributed by atoms with E-state index in [-0.39, 0.29) is 31.0 Å². The second-order valence-corrected chi connectivity index (χ2v) is 11.1. The van der Waals surface area contributed by atoms with E-state index in [2.05, 4.69) is 35.1 Å². The van der Waals surface area contributed by atoms with Gasteiger partial charge in [0, 0.05) is 24.0 Å². The average molecular weight is 600 g/mol. The van der Waals surface area contributed by atoms with Crippen LogP contribution < -0.4 is 10.1 Å². The lowest BCUT2D eigenvalue weighted by atomic mass is 10.0. The first-order valence-corrected chi connectivity index (χ1v) is 14.2. The third-order valence-corrected chi connectivity index (χ3v) is 7.38. The van der Waals surface area contributed by atoms with Crippen LogP contribution in [0, 0.1) is 0 Å². The average Bonchev–Trinajstić information content (AvgIpc) is 2.91. The van der Waals surface area contributed by atoms with Crippen molar-refractivity contribution in [2.75, 3.05) is 6.61 Å². The maximum atomic E-state index is 13.7. The Bertz CT molecular complexity index is 1200. The van der Waals surface area contributed by atoms with Gasteiger partial charge in [-0.1, -0.05) is 80.9 Å². The monoisotopic (exact) mass is 598 g/mol. The molecule has 0 aliphatic heterocycles. The highest BCUT2D eigenvalue weighted by Crippen LogP contribution is 2.29. The molecule has 0 radical (unpaired) electrons. The molecule has 0 saturated carbocycles. The lowest BCUT2D eigenvalue weighted by molar-refractivity contribution is -0.143. The molecule has 0 aliphatic carbocycles. The van der Waals surface area contributed by atoms with E-state index >= 15 is 0 Å². The fourth-order valence-electron chi connectivity index (χ4n) is 4.00. The van der Waals surface area contributed by atoms with Crippen LogP contribution in [0.2, 0.25) is 5.02 Å². The first-order valence-electron chi connectivity index (χ1n) is 13.0. The van der Waals surface area contributed by atoms with Crippen molar-refractivity contribution < 1.29 is 14.3 Å². The van der Waals surface area contributed by atoms with Crippen LogP contribution in [0.5, 0.6) is 5.75 Å². The summed E-state index contributed by atoms with van der Waals surface area (Å²) in [6, 6.07) is 22.2. The minimum absolute atomic E-state index is 0.0139. The van der Waals surface area contributed by atoms with Crippen LogP contribution in [-0.4, -0.2) is 35.4 Å². The molecule has 0 aromatic heterocycles. The maximum absolute atomic E-state index is 13.7. The largest absolute Gasteiger partial charge is 0.483 e. The molecular weight excluding hydrogens is 564 g/mol. The summed E-state index contributed by atoms with van der Waals surface area (Å²) < 4.78 is 6.75. The SMILES string of the molecule is CCC(C)NC(=O)C(Cc1ccccc1)N(Cc1ccc(Cl)cc1)C(=O)COc1ccc(C(C)C)cc1Br.